The Morgan fingerprint density at radius 3 is 2.43 bits per heavy atom. The molecule has 5 rings (SSSR count). The molecule has 2 heterocycles. The minimum Gasteiger partial charge on any atom is -0.497 e. The van der Waals surface area contributed by atoms with Gasteiger partial charge in [-0.3, -0.25) is 0 Å². The second-order valence-electron chi connectivity index (χ2n) is 7.17. The van der Waals surface area contributed by atoms with Gasteiger partial charge in [0, 0.05) is 29.0 Å². The molecule has 2 aromatic carbocycles. The number of benzene rings is 2. The van der Waals surface area contributed by atoms with Crippen LogP contribution in [0.25, 0.3) is 16.9 Å². The van der Waals surface area contributed by atoms with Crippen LogP contribution in [0.5, 0.6) is 5.75 Å². The van der Waals surface area contributed by atoms with Crippen molar-refractivity contribution < 1.29 is 14.2 Å². The molecule has 1 fully saturated rings. The van der Waals surface area contributed by atoms with Crippen molar-refractivity contribution in [2.75, 3.05) is 20.3 Å². The van der Waals surface area contributed by atoms with E-state index in [1.54, 1.807) is 7.11 Å². The molecule has 2 aliphatic rings. The van der Waals surface area contributed by atoms with Crippen molar-refractivity contribution in [1.29, 1.82) is 0 Å². The number of hydrogen-bond donors (Lipinski definition) is 0. The van der Waals surface area contributed by atoms with Gasteiger partial charge in [0.05, 0.1) is 37.4 Å². The van der Waals surface area contributed by atoms with Crippen molar-refractivity contribution in [3.05, 3.63) is 64.8 Å². The second kappa shape index (κ2) is 6.92. The standard InChI is InChI=1S/C22H21ClN2O3/c1-26-18-8-6-17(7-9-18)25-21(15-2-4-16(23)5-3-15)19-14-22(27-12-13-28-22)11-10-20(19)24-25/h2-9H,10-14H2,1H3. The summed E-state index contributed by atoms with van der Waals surface area (Å²) >= 11 is 6.13. The van der Waals surface area contributed by atoms with Gasteiger partial charge in [-0.25, -0.2) is 4.68 Å². The van der Waals surface area contributed by atoms with Crippen molar-refractivity contribution in [2.45, 2.75) is 25.0 Å². The summed E-state index contributed by atoms with van der Waals surface area (Å²) < 4.78 is 19.3. The van der Waals surface area contributed by atoms with E-state index in [-0.39, 0.29) is 0 Å². The highest BCUT2D eigenvalue weighted by Crippen LogP contribution is 2.40. The monoisotopic (exact) mass is 396 g/mol. The zero-order chi connectivity index (χ0) is 19.1. The van der Waals surface area contributed by atoms with Crippen LogP contribution in [0.3, 0.4) is 0 Å². The van der Waals surface area contributed by atoms with Crippen molar-refractivity contribution in [1.82, 2.24) is 9.78 Å². The summed E-state index contributed by atoms with van der Waals surface area (Å²) in [5.74, 6) is 0.308. The zero-order valence-corrected chi connectivity index (χ0v) is 16.4. The van der Waals surface area contributed by atoms with Crippen LogP contribution < -0.4 is 4.74 Å². The highest BCUT2D eigenvalue weighted by atomic mass is 35.5. The molecule has 0 amide bonds. The number of methoxy groups -OCH3 is 1. The summed E-state index contributed by atoms with van der Waals surface area (Å²) in [7, 11) is 1.67. The van der Waals surface area contributed by atoms with Crippen molar-refractivity contribution in [3.63, 3.8) is 0 Å². The Balaban J connectivity index is 1.66. The largest absolute Gasteiger partial charge is 0.497 e. The van der Waals surface area contributed by atoms with Gasteiger partial charge in [0.15, 0.2) is 5.79 Å². The molecule has 1 aliphatic heterocycles. The van der Waals surface area contributed by atoms with Gasteiger partial charge < -0.3 is 14.2 Å². The number of nitrogens with zero attached hydrogens (tertiary/aromatic N) is 2. The summed E-state index contributed by atoms with van der Waals surface area (Å²) in [5.41, 5.74) is 5.42. The fourth-order valence-corrected chi connectivity index (χ4v) is 4.23. The van der Waals surface area contributed by atoms with Crippen molar-refractivity contribution >= 4 is 11.6 Å². The Kier molecular flexibility index (Phi) is 4.38. The van der Waals surface area contributed by atoms with Gasteiger partial charge in [-0.1, -0.05) is 23.7 Å². The fourth-order valence-electron chi connectivity index (χ4n) is 4.11. The second-order valence-corrected chi connectivity index (χ2v) is 7.61. The number of halogens is 1. The normalized spacial score (nSPS) is 17.6. The number of fused-ring (bicyclic) bond motifs is 1. The average Bonchev–Trinajstić information content (AvgIpc) is 3.33. The third-order valence-electron chi connectivity index (χ3n) is 5.50. The molecule has 1 aromatic heterocycles. The molecule has 1 spiro atoms. The summed E-state index contributed by atoms with van der Waals surface area (Å²) in [6.45, 7) is 1.30. The first-order valence-corrected chi connectivity index (χ1v) is 9.84. The fraction of sp³-hybridized carbons (Fsp3) is 0.318. The Morgan fingerprint density at radius 1 is 1.04 bits per heavy atom. The van der Waals surface area contributed by atoms with E-state index >= 15 is 0 Å². The molecule has 28 heavy (non-hydrogen) atoms. The molecule has 0 radical (unpaired) electrons. The SMILES string of the molecule is COc1ccc(-n2nc3c(c2-c2ccc(Cl)cc2)CC2(CC3)OCCO2)cc1. The lowest BCUT2D eigenvalue weighted by Gasteiger charge is -2.31. The minimum atomic E-state index is -0.512. The summed E-state index contributed by atoms with van der Waals surface area (Å²) in [6, 6.07) is 15.9. The van der Waals surface area contributed by atoms with Crippen LogP contribution in [0.2, 0.25) is 5.02 Å². The van der Waals surface area contributed by atoms with Crippen LogP contribution in [0, 0.1) is 0 Å². The van der Waals surface area contributed by atoms with Crippen LogP contribution in [0.1, 0.15) is 17.7 Å². The van der Waals surface area contributed by atoms with Gasteiger partial charge in [0.2, 0.25) is 0 Å². The molecular formula is C22H21ClN2O3. The lowest BCUT2D eigenvalue weighted by atomic mass is 9.89. The average molecular weight is 397 g/mol. The molecule has 0 atom stereocenters. The topological polar surface area (TPSA) is 45.5 Å². The number of rotatable bonds is 3. The maximum absolute atomic E-state index is 6.13. The lowest BCUT2D eigenvalue weighted by molar-refractivity contribution is -0.163. The number of hydrogen-bond acceptors (Lipinski definition) is 4. The van der Waals surface area contributed by atoms with E-state index in [1.165, 1.54) is 5.56 Å². The predicted octanol–water partition coefficient (Wildman–Crippen LogP) is 4.43. The molecule has 5 nitrogen and oxygen atoms in total. The van der Waals surface area contributed by atoms with E-state index in [0.29, 0.717) is 24.7 Å². The van der Waals surface area contributed by atoms with Gasteiger partial charge in [-0.05, 0) is 42.8 Å². The zero-order valence-electron chi connectivity index (χ0n) is 15.7. The van der Waals surface area contributed by atoms with E-state index in [0.717, 1.165) is 41.2 Å². The summed E-state index contributed by atoms with van der Waals surface area (Å²) in [4.78, 5) is 0. The molecule has 6 heteroatoms. The predicted molar refractivity (Wildman–Crippen MR) is 107 cm³/mol. The molecule has 1 aliphatic carbocycles. The maximum Gasteiger partial charge on any atom is 0.173 e. The Hall–Kier alpha value is -2.34. The van der Waals surface area contributed by atoms with Crippen LogP contribution in [0.4, 0.5) is 0 Å². The van der Waals surface area contributed by atoms with Gasteiger partial charge >= 0.3 is 0 Å². The van der Waals surface area contributed by atoms with Gasteiger partial charge in [0.25, 0.3) is 0 Å². The third-order valence-corrected chi connectivity index (χ3v) is 5.76. The van der Waals surface area contributed by atoms with E-state index < -0.39 is 5.79 Å². The number of ether oxygens (including phenoxy) is 3. The molecule has 0 unspecified atom stereocenters. The number of aromatic nitrogens is 2. The molecule has 0 bridgehead atoms. The first kappa shape index (κ1) is 17.7. The molecule has 144 valence electrons. The van der Waals surface area contributed by atoms with Crippen LogP contribution in [-0.2, 0) is 22.3 Å². The van der Waals surface area contributed by atoms with Crippen molar-refractivity contribution in [2.24, 2.45) is 0 Å². The third kappa shape index (κ3) is 3.00. The minimum absolute atomic E-state index is 0.512. The molecule has 0 N–H and O–H groups in total. The van der Waals surface area contributed by atoms with Crippen LogP contribution in [0.15, 0.2) is 48.5 Å². The smallest absolute Gasteiger partial charge is 0.173 e. The van der Waals surface area contributed by atoms with E-state index in [1.807, 2.05) is 53.2 Å². The Morgan fingerprint density at radius 2 is 1.75 bits per heavy atom. The van der Waals surface area contributed by atoms with Gasteiger partial charge in [-0.2, -0.15) is 5.10 Å². The van der Waals surface area contributed by atoms with Gasteiger partial charge in [0.1, 0.15) is 5.75 Å². The summed E-state index contributed by atoms with van der Waals surface area (Å²) in [6.07, 6.45) is 2.37. The number of aryl methyl sites for hydroxylation is 1. The molecule has 3 aromatic rings. The maximum atomic E-state index is 6.13. The molecule has 1 saturated heterocycles. The first-order chi connectivity index (χ1) is 13.7. The first-order valence-electron chi connectivity index (χ1n) is 9.46. The van der Waals surface area contributed by atoms with E-state index in [2.05, 4.69) is 0 Å². The van der Waals surface area contributed by atoms with E-state index in [9.17, 15) is 0 Å². The Bertz CT molecular complexity index is 990. The van der Waals surface area contributed by atoms with Crippen LogP contribution in [-0.4, -0.2) is 35.9 Å². The lowest BCUT2D eigenvalue weighted by Crippen LogP contribution is -2.36. The summed E-state index contributed by atoms with van der Waals surface area (Å²) in [5, 5.41) is 5.68. The molecular weight excluding hydrogens is 376 g/mol. The highest BCUT2D eigenvalue weighted by molar-refractivity contribution is 6.30. The Labute approximate surface area is 168 Å². The highest BCUT2D eigenvalue weighted by Gasteiger charge is 2.42. The van der Waals surface area contributed by atoms with Crippen molar-refractivity contribution in [3.8, 4) is 22.7 Å². The molecule has 0 saturated carbocycles. The quantitative estimate of drug-likeness (QED) is 0.656. The van der Waals surface area contributed by atoms with E-state index in [4.69, 9.17) is 30.9 Å². The van der Waals surface area contributed by atoms with Crippen LogP contribution >= 0.6 is 11.6 Å². The van der Waals surface area contributed by atoms with Gasteiger partial charge in [-0.15, -0.1) is 0 Å².